The second-order valence-electron chi connectivity index (χ2n) is 6.74. The van der Waals surface area contributed by atoms with E-state index >= 15 is 0 Å². The predicted octanol–water partition coefficient (Wildman–Crippen LogP) is 3.89. The Balaban J connectivity index is 2.20. The Hall–Kier alpha value is -2.53. The zero-order valence-corrected chi connectivity index (χ0v) is 17.5. The molecule has 1 atom stereocenters. The Kier molecular flexibility index (Phi) is 7.88. The normalized spacial score (nSPS) is 11.6. The monoisotopic (exact) mass is 402 g/mol. The van der Waals surface area contributed by atoms with Crippen LogP contribution in [0.5, 0.6) is 5.75 Å². The highest BCUT2D eigenvalue weighted by molar-refractivity contribution is 6.30. The second kappa shape index (κ2) is 10.1. The van der Waals surface area contributed by atoms with Gasteiger partial charge in [-0.25, -0.2) is 0 Å². The maximum atomic E-state index is 13.0. The molecule has 0 aliphatic heterocycles. The van der Waals surface area contributed by atoms with Crippen molar-refractivity contribution in [3.05, 3.63) is 64.2 Å². The van der Waals surface area contributed by atoms with Crippen LogP contribution in [0.4, 0.5) is 0 Å². The van der Waals surface area contributed by atoms with Gasteiger partial charge in [-0.2, -0.15) is 0 Å². The van der Waals surface area contributed by atoms with E-state index in [1.54, 1.807) is 24.1 Å². The van der Waals surface area contributed by atoms with Crippen LogP contribution in [0.1, 0.15) is 30.0 Å². The summed E-state index contributed by atoms with van der Waals surface area (Å²) in [6.07, 6.45) is 0.502. The van der Waals surface area contributed by atoms with Gasteiger partial charge in [0.2, 0.25) is 5.91 Å². The number of hydrogen-bond donors (Lipinski definition) is 1. The molecule has 2 aromatic rings. The zero-order chi connectivity index (χ0) is 20.7. The third-order valence-electron chi connectivity index (χ3n) is 4.59. The number of halogens is 1. The fourth-order valence-electron chi connectivity index (χ4n) is 2.96. The van der Waals surface area contributed by atoms with Crippen molar-refractivity contribution in [3.63, 3.8) is 0 Å². The van der Waals surface area contributed by atoms with E-state index in [1.165, 1.54) is 0 Å². The smallest absolute Gasteiger partial charge is 0.261 e. The van der Waals surface area contributed by atoms with Crippen LogP contribution in [0, 0.1) is 13.8 Å². The SMILES string of the molecule is CCC(C(=O)NC)N(Cc1ccc(Cl)cc1)C(=O)COc1cc(C)ccc1C. The molecule has 150 valence electrons. The number of amides is 2. The Morgan fingerprint density at radius 3 is 2.43 bits per heavy atom. The third-order valence-corrected chi connectivity index (χ3v) is 4.85. The Bertz CT molecular complexity index is 821. The fraction of sp³-hybridized carbons (Fsp3) is 0.364. The molecule has 1 unspecified atom stereocenters. The molecule has 0 aliphatic rings. The number of nitrogens with zero attached hydrogens (tertiary/aromatic N) is 1. The van der Waals surface area contributed by atoms with Gasteiger partial charge in [0.05, 0.1) is 0 Å². The fourth-order valence-corrected chi connectivity index (χ4v) is 3.08. The summed E-state index contributed by atoms with van der Waals surface area (Å²) in [5.41, 5.74) is 2.91. The van der Waals surface area contributed by atoms with Gasteiger partial charge in [0.1, 0.15) is 11.8 Å². The van der Waals surface area contributed by atoms with Crippen LogP contribution >= 0.6 is 11.6 Å². The zero-order valence-electron chi connectivity index (χ0n) is 16.8. The lowest BCUT2D eigenvalue weighted by Crippen LogP contribution is -2.49. The minimum absolute atomic E-state index is 0.134. The largest absolute Gasteiger partial charge is 0.483 e. The molecule has 0 bridgehead atoms. The first-order valence-electron chi connectivity index (χ1n) is 9.31. The maximum absolute atomic E-state index is 13.0. The van der Waals surface area contributed by atoms with Gasteiger partial charge in [0, 0.05) is 18.6 Å². The van der Waals surface area contributed by atoms with Crippen molar-refractivity contribution in [2.75, 3.05) is 13.7 Å². The number of nitrogens with one attached hydrogen (secondary N) is 1. The summed E-state index contributed by atoms with van der Waals surface area (Å²) in [4.78, 5) is 26.9. The summed E-state index contributed by atoms with van der Waals surface area (Å²) < 4.78 is 5.78. The first-order chi connectivity index (χ1) is 13.3. The van der Waals surface area contributed by atoms with Gasteiger partial charge >= 0.3 is 0 Å². The number of carbonyl (C=O) groups is 2. The quantitative estimate of drug-likeness (QED) is 0.728. The molecule has 28 heavy (non-hydrogen) atoms. The second-order valence-corrected chi connectivity index (χ2v) is 7.18. The molecule has 0 fully saturated rings. The molecule has 5 nitrogen and oxygen atoms in total. The van der Waals surface area contributed by atoms with Crippen molar-refractivity contribution < 1.29 is 14.3 Å². The van der Waals surface area contributed by atoms with Crippen molar-refractivity contribution in [1.82, 2.24) is 10.2 Å². The number of rotatable bonds is 8. The number of likely N-dealkylation sites (N-methyl/N-ethyl adjacent to an activating group) is 1. The van der Waals surface area contributed by atoms with Crippen LogP contribution in [0.3, 0.4) is 0 Å². The topological polar surface area (TPSA) is 58.6 Å². The summed E-state index contributed by atoms with van der Waals surface area (Å²) in [6.45, 7) is 5.96. The third kappa shape index (κ3) is 5.73. The molecule has 1 N–H and O–H groups in total. The van der Waals surface area contributed by atoms with Crippen LogP contribution < -0.4 is 10.1 Å². The molecule has 0 spiro atoms. The Morgan fingerprint density at radius 1 is 1.14 bits per heavy atom. The summed E-state index contributed by atoms with van der Waals surface area (Å²) in [6, 6.07) is 12.5. The molecule has 0 saturated carbocycles. The van der Waals surface area contributed by atoms with Crippen LogP contribution in [-0.2, 0) is 16.1 Å². The van der Waals surface area contributed by atoms with Gasteiger partial charge in [-0.1, -0.05) is 42.8 Å². The summed E-state index contributed by atoms with van der Waals surface area (Å²) in [5.74, 6) is 0.232. The van der Waals surface area contributed by atoms with E-state index in [9.17, 15) is 9.59 Å². The molecule has 0 aliphatic carbocycles. The minimum Gasteiger partial charge on any atom is -0.483 e. The highest BCUT2D eigenvalue weighted by atomic mass is 35.5. The molecular formula is C22H27ClN2O3. The van der Waals surface area contributed by atoms with Crippen LogP contribution in [0.25, 0.3) is 0 Å². The van der Waals surface area contributed by atoms with Gasteiger partial charge in [-0.15, -0.1) is 0 Å². The van der Waals surface area contributed by atoms with E-state index in [1.807, 2.05) is 51.1 Å². The lowest BCUT2D eigenvalue weighted by atomic mass is 10.1. The van der Waals surface area contributed by atoms with Crippen LogP contribution in [0.15, 0.2) is 42.5 Å². The van der Waals surface area contributed by atoms with E-state index < -0.39 is 6.04 Å². The number of carbonyl (C=O) groups excluding carboxylic acids is 2. The van der Waals surface area contributed by atoms with E-state index in [0.29, 0.717) is 23.7 Å². The first-order valence-corrected chi connectivity index (χ1v) is 9.69. The van der Waals surface area contributed by atoms with E-state index in [0.717, 1.165) is 16.7 Å². The lowest BCUT2D eigenvalue weighted by molar-refractivity contribution is -0.142. The average Bonchev–Trinajstić information content (AvgIpc) is 2.69. The van der Waals surface area contributed by atoms with Crippen molar-refractivity contribution in [3.8, 4) is 5.75 Å². The summed E-state index contributed by atoms with van der Waals surface area (Å²) in [7, 11) is 1.57. The standard InChI is InChI=1S/C22H27ClN2O3/c1-5-19(22(27)24-4)25(13-17-8-10-18(23)11-9-17)21(26)14-28-20-12-15(2)6-7-16(20)3/h6-12,19H,5,13-14H2,1-4H3,(H,24,27). The molecule has 2 rings (SSSR count). The summed E-state index contributed by atoms with van der Waals surface area (Å²) >= 11 is 5.95. The molecule has 0 aromatic heterocycles. The first kappa shape index (κ1) is 21.8. The number of ether oxygens (including phenoxy) is 1. The Morgan fingerprint density at radius 2 is 1.82 bits per heavy atom. The van der Waals surface area contributed by atoms with Gasteiger partial charge in [0.25, 0.3) is 5.91 Å². The van der Waals surface area contributed by atoms with Crippen LogP contribution in [-0.4, -0.2) is 36.4 Å². The Labute approximate surface area is 171 Å². The van der Waals surface area contributed by atoms with E-state index in [2.05, 4.69) is 5.32 Å². The van der Waals surface area contributed by atoms with E-state index in [4.69, 9.17) is 16.3 Å². The van der Waals surface area contributed by atoms with Crippen molar-refractivity contribution in [2.45, 2.75) is 39.8 Å². The molecule has 6 heteroatoms. The highest BCUT2D eigenvalue weighted by Crippen LogP contribution is 2.20. The van der Waals surface area contributed by atoms with Crippen molar-refractivity contribution >= 4 is 23.4 Å². The van der Waals surface area contributed by atoms with Gasteiger partial charge < -0.3 is 15.0 Å². The van der Waals surface area contributed by atoms with Gasteiger partial charge in [0.15, 0.2) is 6.61 Å². The van der Waals surface area contributed by atoms with Crippen molar-refractivity contribution in [1.29, 1.82) is 0 Å². The number of aryl methyl sites for hydroxylation is 2. The molecule has 2 aromatic carbocycles. The minimum atomic E-state index is -0.574. The van der Waals surface area contributed by atoms with Gasteiger partial charge in [-0.05, 0) is 55.2 Å². The maximum Gasteiger partial charge on any atom is 0.261 e. The molecule has 0 heterocycles. The number of hydrogen-bond acceptors (Lipinski definition) is 3. The highest BCUT2D eigenvalue weighted by Gasteiger charge is 2.28. The predicted molar refractivity (Wildman–Crippen MR) is 112 cm³/mol. The molecule has 2 amide bonds. The van der Waals surface area contributed by atoms with Crippen molar-refractivity contribution in [2.24, 2.45) is 0 Å². The van der Waals surface area contributed by atoms with Gasteiger partial charge in [-0.3, -0.25) is 9.59 Å². The average molecular weight is 403 g/mol. The lowest BCUT2D eigenvalue weighted by Gasteiger charge is -2.30. The summed E-state index contributed by atoms with van der Waals surface area (Å²) in [5, 5.41) is 3.27. The molecule has 0 radical (unpaired) electrons. The van der Waals surface area contributed by atoms with E-state index in [-0.39, 0.29) is 18.4 Å². The molecular weight excluding hydrogens is 376 g/mol. The number of benzene rings is 2. The molecule has 0 saturated heterocycles. The van der Waals surface area contributed by atoms with Crippen LogP contribution in [0.2, 0.25) is 5.02 Å².